The second-order valence-corrected chi connectivity index (χ2v) is 14.9. The van der Waals surface area contributed by atoms with Crippen LogP contribution in [-0.2, 0) is 23.8 Å². The summed E-state index contributed by atoms with van der Waals surface area (Å²) in [5.41, 5.74) is 0. The predicted octanol–water partition coefficient (Wildman–Crippen LogP) is 15.7. The van der Waals surface area contributed by atoms with Gasteiger partial charge in [0.05, 0.1) is 13.2 Å². The lowest BCUT2D eigenvalue weighted by molar-refractivity contribution is -0.162. The van der Waals surface area contributed by atoms with Crippen LogP contribution in [0.5, 0.6) is 0 Å². The Morgan fingerprint density at radius 1 is 0.397 bits per heavy atom. The molecule has 0 aromatic rings. The van der Waals surface area contributed by atoms with Crippen molar-refractivity contribution < 1.29 is 23.8 Å². The highest BCUT2D eigenvalue weighted by molar-refractivity contribution is 5.70. The first-order valence-corrected chi connectivity index (χ1v) is 23.4. The number of ether oxygens (including phenoxy) is 3. The Morgan fingerprint density at radius 2 is 0.776 bits per heavy atom. The third-order valence-electron chi connectivity index (χ3n) is 9.24. The van der Waals surface area contributed by atoms with E-state index in [1.54, 1.807) is 0 Å². The van der Waals surface area contributed by atoms with Crippen LogP contribution in [0, 0.1) is 0 Å². The molecule has 0 radical (unpaired) electrons. The molecule has 0 amide bonds. The van der Waals surface area contributed by atoms with Gasteiger partial charge in [-0.2, -0.15) is 0 Å². The van der Waals surface area contributed by atoms with Crippen molar-refractivity contribution in [1.29, 1.82) is 0 Å². The van der Waals surface area contributed by atoms with E-state index >= 15 is 0 Å². The van der Waals surface area contributed by atoms with Crippen molar-refractivity contribution in [2.75, 3.05) is 19.8 Å². The maximum absolute atomic E-state index is 12.7. The number of hydrogen-bond donors (Lipinski definition) is 0. The van der Waals surface area contributed by atoms with E-state index in [-0.39, 0.29) is 25.2 Å². The summed E-state index contributed by atoms with van der Waals surface area (Å²) in [5, 5.41) is 0. The Morgan fingerprint density at radius 3 is 1.24 bits per heavy atom. The van der Waals surface area contributed by atoms with Crippen LogP contribution in [0.2, 0.25) is 0 Å². The highest BCUT2D eigenvalue weighted by Gasteiger charge is 2.17. The lowest BCUT2D eigenvalue weighted by Gasteiger charge is -2.18. The van der Waals surface area contributed by atoms with Crippen molar-refractivity contribution in [3.8, 4) is 0 Å². The normalized spacial score (nSPS) is 13.2. The molecule has 0 bridgehead atoms. The van der Waals surface area contributed by atoms with Crippen molar-refractivity contribution in [3.05, 3.63) is 109 Å². The molecule has 0 N–H and O–H groups in total. The van der Waals surface area contributed by atoms with Gasteiger partial charge in [-0.15, -0.1) is 0 Å². The summed E-state index contributed by atoms with van der Waals surface area (Å²) in [5.74, 6) is -0.481. The third-order valence-corrected chi connectivity index (χ3v) is 9.24. The van der Waals surface area contributed by atoms with Crippen molar-refractivity contribution in [1.82, 2.24) is 0 Å². The van der Waals surface area contributed by atoms with Crippen molar-refractivity contribution in [3.63, 3.8) is 0 Å². The van der Waals surface area contributed by atoms with Crippen LogP contribution in [0.4, 0.5) is 0 Å². The van der Waals surface area contributed by atoms with Gasteiger partial charge in [0.15, 0.2) is 6.10 Å². The monoisotopic (exact) mass is 803 g/mol. The summed E-state index contributed by atoms with van der Waals surface area (Å²) in [6.07, 6.45) is 65.3. The predicted molar refractivity (Wildman–Crippen MR) is 251 cm³/mol. The summed E-state index contributed by atoms with van der Waals surface area (Å²) in [7, 11) is 0. The van der Waals surface area contributed by atoms with E-state index in [2.05, 4.69) is 130 Å². The molecule has 0 spiro atoms. The fourth-order valence-corrected chi connectivity index (χ4v) is 5.82. The van der Waals surface area contributed by atoms with Crippen LogP contribution < -0.4 is 0 Å². The minimum Gasteiger partial charge on any atom is -0.462 e. The Bertz CT molecular complexity index is 1180. The van der Waals surface area contributed by atoms with Gasteiger partial charge in [-0.25, -0.2) is 0 Å². The van der Waals surface area contributed by atoms with Gasteiger partial charge in [0, 0.05) is 12.8 Å². The number of allylic oxidation sites excluding steroid dienone is 17. The first-order chi connectivity index (χ1) is 28.6. The smallest absolute Gasteiger partial charge is 0.306 e. The topological polar surface area (TPSA) is 61.8 Å². The number of unbranched alkanes of at least 4 members (excludes halogenated alkanes) is 12. The summed E-state index contributed by atoms with van der Waals surface area (Å²) in [6.45, 7) is 7.32. The molecule has 0 aliphatic rings. The highest BCUT2D eigenvalue weighted by Crippen LogP contribution is 2.12. The first-order valence-electron chi connectivity index (χ1n) is 23.4. The Balaban J connectivity index is 4.45. The van der Waals surface area contributed by atoms with E-state index in [0.717, 1.165) is 116 Å². The van der Waals surface area contributed by atoms with Crippen LogP contribution >= 0.6 is 0 Å². The van der Waals surface area contributed by atoms with Gasteiger partial charge in [0.25, 0.3) is 0 Å². The fraction of sp³-hybridized carbons (Fsp3) is 0.623. The number of rotatable bonds is 41. The van der Waals surface area contributed by atoms with Crippen LogP contribution in [0.3, 0.4) is 0 Å². The molecular weight excluding hydrogens is 717 g/mol. The van der Waals surface area contributed by atoms with E-state index < -0.39 is 6.10 Å². The molecule has 0 aromatic heterocycles. The lowest BCUT2D eigenvalue weighted by atomic mass is 10.1. The zero-order chi connectivity index (χ0) is 42.1. The standard InChI is InChI=1S/C53H86O5/c1-4-7-10-13-16-19-22-25-26-27-30-33-36-39-42-45-48-56-49-51(58-53(55)47-44-41-38-35-32-29-24-21-18-15-12-9-6-3)50-57-52(54)46-43-40-37-34-31-28-23-20-17-14-11-8-5-2/h7,10-12,14-16,19-21,23-26,30,33,39,42,51H,4-6,8-9,13,17-18,22,27-29,31-32,34-38,40-41,43-50H2,1-3H3/b10-7-,14-11-,15-12-,19-16-,23-20-,24-21-,26-25-,33-30-,42-39-. The van der Waals surface area contributed by atoms with Gasteiger partial charge in [0.2, 0.25) is 0 Å². The maximum atomic E-state index is 12.7. The number of carbonyl (C=O) groups excluding carboxylic acids is 2. The van der Waals surface area contributed by atoms with Gasteiger partial charge in [-0.05, 0) is 103 Å². The fourth-order valence-electron chi connectivity index (χ4n) is 5.82. The number of carbonyl (C=O) groups is 2. The quantitative estimate of drug-likeness (QED) is 0.0350. The summed E-state index contributed by atoms with van der Waals surface area (Å²) in [6, 6.07) is 0. The maximum Gasteiger partial charge on any atom is 0.306 e. The lowest BCUT2D eigenvalue weighted by Crippen LogP contribution is -2.30. The van der Waals surface area contributed by atoms with Crippen molar-refractivity contribution in [2.24, 2.45) is 0 Å². The van der Waals surface area contributed by atoms with Crippen LogP contribution in [0.1, 0.15) is 188 Å². The van der Waals surface area contributed by atoms with Crippen LogP contribution in [0.25, 0.3) is 0 Å². The van der Waals surface area contributed by atoms with Gasteiger partial charge < -0.3 is 14.2 Å². The minimum absolute atomic E-state index is 0.0358. The highest BCUT2D eigenvalue weighted by atomic mass is 16.6. The molecule has 58 heavy (non-hydrogen) atoms. The Labute approximate surface area is 357 Å². The van der Waals surface area contributed by atoms with Gasteiger partial charge in [0.1, 0.15) is 6.61 Å². The van der Waals surface area contributed by atoms with Gasteiger partial charge in [-0.1, -0.05) is 182 Å². The Hall–Kier alpha value is -3.44. The third kappa shape index (κ3) is 45.3. The van der Waals surface area contributed by atoms with Crippen molar-refractivity contribution in [2.45, 2.75) is 194 Å². The van der Waals surface area contributed by atoms with E-state index in [0.29, 0.717) is 19.4 Å². The van der Waals surface area contributed by atoms with E-state index in [1.807, 2.05) is 0 Å². The largest absolute Gasteiger partial charge is 0.462 e. The van der Waals surface area contributed by atoms with Crippen LogP contribution in [0.15, 0.2) is 109 Å². The number of hydrogen-bond acceptors (Lipinski definition) is 5. The second kappa shape index (κ2) is 47.9. The molecule has 0 aliphatic heterocycles. The summed E-state index contributed by atoms with van der Waals surface area (Å²) < 4.78 is 17.2. The molecule has 0 heterocycles. The minimum atomic E-state index is -0.594. The molecule has 1 atom stereocenters. The molecule has 5 nitrogen and oxygen atoms in total. The zero-order valence-electron chi connectivity index (χ0n) is 37.5. The second-order valence-electron chi connectivity index (χ2n) is 14.9. The molecular formula is C53H86O5. The molecule has 0 saturated carbocycles. The molecule has 5 heteroatoms. The SMILES string of the molecule is CC/C=C\C/C=C\C/C=C\C/C=C\C/C=C\CCOCC(COC(=O)CCCCCCC/C=C\C/C=C\CCC)OC(=O)CCCCCCC/C=C\C/C=C\CCC. The number of esters is 2. The van der Waals surface area contributed by atoms with Crippen molar-refractivity contribution >= 4 is 11.9 Å². The Kier molecular flexibility index (Phi) is 45.1. The summed E-state index contributed by atoms with van der Waals surface area (Å²) >= 11 is 0. The molecule has 328 valence electrons. The first kappa shape index (κ1) is 54.6. The molecule has 0 fully saturated rings. The average Bonchev–Trinajstić information content (AvgIpc) is 3.22. The van der Waals surface area contributed by atoms with Crippen LogP contribution in [-0.4, -0.2) is 37.9 Å². The van der Waals surface area contributed by atoms with E-state index in [1.165, 1.54) is 38.5 Å². The zero-order valence-corrected chi connectivity index (χ0v) is 37.5. The van der Waals surface area contributed by atoms with Gasteiger partial charge >= 0.3 is 11.9 Å². The van der Waals surface area contributed by atoms with Gasteiger partial charge in [-0.3, -0.25) is 9.59 Å². The molecule has 0 saturated heterocycles. The molecule has 0 aliphatic carbocycles. The average molecular weight is 803 g/mol. The molecule has 0 rings (SSSR count). The molecule has 1 unspecified atom stereocenters. The van der Waals surface area contributed by atoms with E-state index in [4.69, 9.17) is 14.2 Å². The summed E-state index contributed by atoms with van der Waals surface area (Å²) in [4.78, 5) is 25.3. The van der Waals surface area contributed by atoms with E-state index in [9.17, 15) is 9.59 Å². The molecule has 0 aromatic carbocycles.